The molecule has 0 aliphatic heterocycles. The minimum absolute atomic E-state index is 0.275. The zero-order valence-electron chi connectivity index (χ0n) is 10.4. The lowest BCUT2D eigenvalue weighted by molar-refractivity contribution is -0.137. The Hall–Kier alpha value is -1.57. The molecule has 0 unspecified atom stereocenters. The maximum Gasteiger partial charge on any atom is 0.303 e. The van der Waals surface area contributed by atoms with E-state index in [0.29, 0.717) is 0 Å². The Bertz CT molecular complexity index is 380. The first-order chi connectivity index (χ1) is 8.24. The summed E-state index contributed by atoms with van der Waals surface area (Å²) in [6, 6.07) is 8.39. The number of carboxylic acids is 1. The van der Waals surface area contributed by atoms with Gasteiger partial charge >= 0.3 is 5.97 Å². The number of carboxylic acid groups (broad SMARTS) is 1. The highest BCUT2D eigenvalue weighted by Crippen LogP contribution is 2.14. The SMILES string of the molecule is C/C=C\Cc1ccccc1CCCCC(=O)O. The first-order valence-corrected chi connectivity index (χ1v) is 6.13. The van der Waals surface area contributed by atoms with Gasteiger partial charge in [-0.05, 0) is 43.7 Å². The molecular formula is C15H20O2. The van der Waals surface area contributed by atoms with Crippen molar-refractivity contribution >= 4 is 5.97 Å². The van der Waals surface area contributed by atoms with Gasteiger partial charge < -0.3 is 5.11 Å². The second-order valence-electron chi connectivity index (χ2n) is 4.14. The molecule has 2 heteroatoms. The summed E-state index contributed by atoms with van der Waals surface area (Å²) >= 11 is 0. The zero-order chi connectivity index (χ0) is 12.5. The van der Waals surface area contributed by atoms with Crippen LogP contribution in [0.4, 0.5) is 0 Å². The number of aliphatic carboxylic acids is 1. The summed E-state index contributed by atoms with van der Waals surface area (Å²) in [6.07, 6.45) is 8.12. The van der Waals surface area contributed by atoms with Crippen molar-refractivity contribution in [3.05, 3.63) is 47.5 Å². The Kier molecular flexibility index (Phi) is 6.08. The van der Waals surface area contributed by atoms with E-state index in [-0.39, 0.29) is 6.42 Å². The Morgan fingerprint density at radius 3 is 2.59 bits per heavy atom. The fourth-order valence-corrected chi connectivity index (χ4v) is 1.84. The highest BCUT2D eigenvalue weighted by atomic mass is 16.4. The van der Waals surface area contributed by atoms with Gasteiger partial charge in [0.2, 0.25) is 0 Å². The predicted octanol–water partition coefficient (Wildman–Crippen LogP) is 3.60. The standard InChI is InChI=1S/C15H20O2/c1-2-3-8-13-9-4-5-10-14(13)11-6-7-12-15(16)17/h2-5,9-10H,6-8,11-12H2,1H3,(H,16,17)/b3-2-. The van der Waals surface area contributed by atoms with Crippen molar-refractivity contribution in [2.45, 2.75) is 39.0 Å². The van der Waals surface area contributed by atoms with Gasteiger partial charge in [-0.2, -0.15) is 0 Å². The molecule has 0 amide bonds. The molecule has 1 aromatic rings. The number of hydrogen-bond acceptors (Lipinski definition) is 1. The van der Waals surface area contributed by atoms with E-state index in [2.05, 4.69) is 30.4 Å². The topological polar surface area (TPSA) is 37.3 Å². The van der Waals surface area contributed by atoms with Crippen molar-refractivity contribution in [3.8, 4) is 0 Å². The van der Waals surface area contributed by atoms with Crippen LogP contribution in [0.15, 0.2) is 36.4 Å². The fraction of sp³-hybridized carbons (Fsp3) is 0.400. The summed E-state index contributed by atoms with van der Waals surface area (Å²) in [6.45, 7) is 2.02. The van der Waals surface area contributed by atoms with Gasteiger partial charge in [-0.3, -0.25) is 4.79 Å². The van der Waals surface area contributed by atoms with E-state index in [0.717, 1.165) is 25.7 Å². The maximum absolute atomic E-state index is 10.4. The van der Waals surface area contributed by atoms with Gasteiger partial charge in [0.15, 0.2) is 0 Å². The third-order valence-electron chi connectivity index (χ3n) is 2.78. The van der Waals surface area contributed by atoms with Gasteiger partial charge in [-0.25, -0.2) is 0 Å². The molecule has 0 radical (unpaired) electrons. The van der Waals surface area contributed by atoms with Crippen LogP contribution >= 0.6 is 0 Å². The molecule has 1 N–H and O–H groups in total. The van der Waals surface area contributed by atoms with Crippen LogP contribution in [0.1, 0.15) is 37.3 Å². The summed E-state index contributed by atoms with van der Waals surface area (Å²) in [5, 5.41) is 8.57. The average molecular weight is 232 g/mol. The molecule has 0 bridgehead atoms. The van der Waals surface area contributed by atoms with Gasteiger partial charge in [-0.15, -0.1) is 0 Å². The lowest BCUT2D eigenvalue weighted by atomic mass is 9.99. The quantitative estimate of drug-likeness (QED) is 0.576. The van der Waals surface area contributed by atoms with Crippen LogP contribution in [0, 0.1) is 0 Å². The molecule has 0 aliphatic rings. The Morgan fingerprint density at radius 1 is 1.24 bits per heavy atom. The van der Waals surface area contributed by atoms with Crippen LogP contribution in [-0.2, 0) is 17.6 Å². The monoisotopic (exact) mass is 232 g/mol. The Labute approximate surface area is 103 Å². The van der Waals surface area contributed by atoms with E-state index < -0.39 is 5.97 Å². The predicted molar refractivity (Wildman–Crippen MR) is 70.2 cm³/mol. The van der Waals surface area contributed by atoms with Crippen molar-refractivity contribution in [1.82, 2.24) is 0 Å². The van der Waals surface area contributed by atoms with Crippen LogP contribution < -0.4 is 0 Å². The van der Waals surface area contributed by atoms with Gasteiger partial charge in [-0.1, -0.05) is 36.4 Å². The lowest BCUT2D eigenvalue weighted by Crippen LogP contribution is -1.97. The molecule has 0 spiro atoms. The molecule has 0 fully saturated rings. The number of rotatable bonds is 7. The zero-order valence-corrected chi connectivity index (χ0v) is 10.4. The van der Waals surface area contributed by atoms with Crippen molar-refractivity contribution in [3.63, 3.8) is 0 Å². The van der Waals surface area contributed by atoms with Gasteiger partial charge in [0.25, 0.3) is 0 Å². The van der Waals surface area contributed by atoms with Crippen molar-refractivity contribution in [1.29, 1.82) is 0 Å². The Morgan fingerprint density at radius 2 is 1.94 bits per heavy atom. The number of aryl methyl sites for hydroxylation is 1. The molecular weight excluding hydrogens is 212 g/mol. The van der Waals surface area contributed by atoms with Crippen molar-refractivity contribution in [2.24, 2.45) is 0 Å². The molecule has 2 nitrogen and oxygen atoms in total. The first kappa shape index (κ1) is 13.5. The van der Waals surface area contributed by atoms with E-state index in [9.17, 15) is 4.79 Å². The molecule has 1 aromatic carbocycles. The average Bonchev–Trinajstić information content (AvgIpc) is 2.33. The van der Waals surface area contributed by atoms with Crippen LogP contribution in [0.3, 0.4) is 0 Å². The molecule has 0 aliphatic carbocycles. The summed E-state index contributed by atoms with van der Waals surface area (Å²) in [4.78, 5) is 10.4. The summed E-state index contributed by atoms with van der Waals surface area (Å²) in [5.41, 5.74) is 2.69. The second-order valence-corrected chi connectivity index (χ2v) is 4.14. The van der Waals surface area contributed by atoms with E-state index in [4.69, 9.17) is 5.11 Å². The summed E-state index contributed by atoms with van der Waals surface area (Å²) in [7, 11) is 0. The van der Waals surface area contributed by atoms with Crippen LogP contribution in [0.5, 0.6) is 0 Å². The third kappa shape index (κ3) is 5.34. The number of allylic oxidation sites excluding steroid dienone is 2. The fourth-order valence-electron chi connectivity index (χ4n) is 1.84. The van der Waals surface area contributed by atoms with Crippen LogP contribution in [-0.4, -0.2) is 11.1 Å². The van der Waals surface area contributed by atoms with Gasteiger partial charge in [0.1, 0.15) is 0 Å². The number of benzene rings is 1. The molecule has 0 saturated heterocycles. The normalized spacial score (nSPS) is 10.9. The molecule has 0 saturated carbocycles. The van der Waals surface area contributed by atoms with E-state index in [1.54, 1.807) is 0 Å². The Balaban J connectivity index is 2.48. The first-order valence-electron chi connectivity index (χ1n) is 6.13. The molecule has 0 aromatic heterocycles. The highest BCUT2D eigenvalue weighted by Gasteiger charge is 2.01. The maximum atomic E-state index is 10.4. The van der Waals surface area contributed by atoms with Crippen LogP contribution in [0.25, 0.3) is 0 Å². The largest absolute Gasteiger partial charge is 0.481 e. The van der Waals surface area contributed by atoms with E-state index >= 15 is 0 Å². The smallest absolute Gasteiger partial charge is 0.303 e. The summed E-state index contributed by atoms with van der Waals surface area (Å²) in [5.74, 6) is -0.702. The molecule has 0 heterocycles. The van der Waals surface area contributed by atoms with Crippen LogP contribution in [0.2, 0.25) is 0 Å². The highest BCUT2D eigenvalue weighted by molar-refractivity contribution is 5.66. The minimum Gasteiger partial charge on any atom is -0.481 e. The van der Waals surface area contributed by atoms with Crippen molar-refractivity contribution in [2.75, 3.05) is 0 Å². The lowest BCUT2D eigenvalue weighted by Gasteiger charge is -2.07. The summed E-state index contributed by atoms with van der Waals surface area (Å²) < 4.78 is 0. The van der Waals surface area contributed by atoms with E-state index in [1.165, 1.54) is 11.1 Å². The van der Waals surface area contributed by atoms with Gasteiger partial charge in [0.05, 0.1) is 0 Å². The van der Waals surface area contributed by atoms with Crippen molar-refractivity contribution < 1.29 is 9.90 Å². The molecule has 1 rings (SSSR count). The number of hydrogen-bond donors (Lipinski definition) is 1. The van der Waals surface area contributed by atoms with Gasteiger partial charge in [0, 0.05) is 6.42 Å². The third-order valence-corrected chi connectivity index (χ3v) is 2.78. The molecule has 17 heavy (non-hydrogen) atoms. The molecule has 92 valence electrons. The number of carbonyl (C=O) groups is 1. The van der Waals surface area contributed by atoms with E-state index in [1.807, 2.05) is 13.0 Å². The number of unbranched alkanes of at least 4 members (excludes halogenated alkanes) is 1. The second kappa shape index (κ2) is 7.66. The molecule has 0 atom stereocenters. The minimum atomic E-state index is -0.702.